The van der Waals surface area contributed by atoms with Crippen LogP contribution in [0.2, 0.25) is 0 Å². The number of fused-ring (bicyclic) bond motifs is 2. The molecule has 0 aromatic heterocycles. The van der Waals surface area contributed by atoms with Gasteiger partial charge in [0, 0.05) is 12.1 Å². The van der Waals surface area contributed by atoms with E-state index in [1.54, 1.807) is 0 Å². The van der Waals surface area contributed by atoms with E-state index in [0.29, 0.717) is 18.5 Å². The van der Waals surface area contributed by atoms with Gasteiger partial charge in [0.2, 0.25) is 0 Å². The van der Waals surface area contributed by atoms with Crippen molar-refractivity contribution in [2.24, 2.45) is 0 Å². The summed E-state index contributed by atoms with van der Waals surface area (Å²) in [6, 6.07) is 0.790. The molecule has 2 fully saturated rings. The zero-order valence-electron chi connectivity index (χ0n) is 8.08. The Bertz CT molecular complexity index is 205. The molecule has 0 unspecified atom stereocenters. The Balaban J connectivity index is 2.10. The quantitative estimate of drug-likeness (QED) is 0.621. The average molecular weight is 183 g/mol. The summed E-state index contributed by atoms with van der Waals surface area (Å²) in [5, 5.41) is 3.50. The third-order valence-electron chi connectivity index (χ3n) is 3.06. The van der Waals surface area contributed by atoms with Crippen LogP contribution in [0.4, 0.5) is 0 Å². The fourth-order valence-corrected chi connectivity index (χ4v) is 2.38. The minimum Gasteiger partial charge on any atom is -0.461 e. The zero-order valence-corrected chi connectivity index (χ0v) is 8.08. The molecule has 2 rings (SSSR count). The molecule has 0 amide bonds. The molecule has 2 aliphatic heterocycles. The maximum Gasteiger partial charge on any atom is 0.307 e. The van der Waals surface area contributed by atoms with Crippen LogP contribution in [0, 0.1) is 0 Å². The van der Waals surface area contributed by atoms with Crippen LogP contribution >= 0.6 is 0 Å². The van der Waals surface area contributed by atoms with Crippen molar-refractivity contribution in [2.45, 2.75) is 57.2 Å². The molecular formula is C10H17NO2. The van der Waals surface area contributed by atoms with Crippen LogP contribution in [-0.2, 0) is 9.53 Å². The largest absolute Gasteiger partial charge is 0.461 e. The maximum atomic E-state index is 11.3. The molecule has 3 heteroatoms. The molecule has 0 aromatic carbocycles. The van der Waals surface area contributed by atoms with Crippen LogP contribution in [-0.4, -0.2) is 24.2 Å². The number of piperidine rings is 1. The van der Waals surface area contributed by atoms with E-state index in [-0.39, 0.29) is 12.1 Å². The number of carbonyl (C=O) groups is 1. The predicted octanol–water partition coefficient (Wildman–Crippen LogP) is 1.22. The molecule has 3 nitrogen and oxygen atoms in total. The van der Waals surface area contributed by atoms with Crippen molar-refractivity contribution < 1.29 is 9.53 Å². The number of ether oxygens (including phenoxy) is 1. The van der Waals surface area contributed by atoms with E-state index in [9.17, 15) is 4.79 Å². The number of carbonyl (C=O) groups excluding carboxylic acids is 1. The molecule has 13 heavy (non-hydrogen) atoms. The number of cyclic esters (lactones) is 1. The summed E-state index contributed by atoms with van der Waals surface area (Å²) >= 11 is 0. The molecule has 1 N–H and O–H groups in total. The molecule has 74 valence electrons. The Morgan fingerprint density at radius 1 is 1.54 bits per heavy atom. The van der Waals surface area contributed by atoms with E-state index < -0.39 is 0 Å². The van der Waals surface area contributed by atoms with Gasteiger partial charge in [-0.1, -0.05) is 13.3 Å². The second kappa shape index (κ2) is 3.66. The van der Waals surface area contributed by atoms with Gasteiger partial charge in [-0.05, 0) is 19.3 Å². The Hall–Kier alpha value is -0.570. The summed E-state index contributed by atoms with van der Waals surface area (Å²) in [5.74, 6) is -0.0197. The lowest BCUT2D eigenvalue weighted by Crippen LogP contribution is -2.46. The average Bonchev–Trinajstić information content (AvgIpc) is 2.23. The monoisotopic (exact) mass is 183 g/mol. The van der Waals surface area contributed by atoms with Crippen molar-refractivity contribution in [2.75, 3.05) is 0 Å². The van der Waals surface area contributed by atoms with Crippen LogP contribution in [0.3, 0.4) is 0 Å². The van der Waals surface area contributed by atoms with Gasteiger partial charge in [0.25, 0.3) is 0 Å². The van der Waals surface area contributed by atoms with Gasteiger partial charge in [0.1, 0.15) is 6.10 Å². The SMILES string of the molecule is CC[C@@H]1OC(=O)C[C@H]2CCC[C@@H]1N2. The lowest BCUT2D eigenvalue weighted by atomic mass is 9.94. The Morgan fingerprint density at radius 3 is 3.15 bits per heavy atom. The molecule has 0 spiro atoms. The molecule has 0 aromatic rings. The summed E-state index contributed by atoms with van der Waals surface area (Å²) in [5.41, 5.74) is 0. The van der Waals surface area contributed by atoms with Gasteiger partial charge in [-0.3, -0.25) is 4.79 Å². The predicted molar refractivity (Wildman–Crippen MR) is 49.4 cm³/mol. The van der Waals surface area contributed by atoms with E-state index in [0.717, 1.165) is 19.3 Å². The van der Waals surface area contributed by atoms with E-state index in [1.165, 1.54) is 6.42 Å². The first-order valence-corrected chi connectivity index (χ1v) is 5.25. The number of hydrogen-bond acceptors (Lipinski definition) is 3. The fraction of sp³-hybridized carbons (Fsp3) is 0.900. The standard InChI is InChI=1S/C10H17NO2/c1-2-9-8-5-3-4-7(11-8)6-10(12)13-9/h7-9,11H,2-6H2,1H3/t7-,8+,9+/m1/s1. The van der Waals surface area contributed by atoms with Crippen LogP contribution in [0.25, 0.3) is 0 Å². The van der Waals surface area contributed by atoms with Crippen LogP contribution < -0.4 is 5.32 Å². The van der Waals surface area contributed by atoms with Gasteiger partial charge in [-0.2, -0.15) is 0 Å². The second-order valence-corrected chi connectivity index (χ2v) is 4.04. The van der Waals surface area contributed by atoms with E-state index >= 15 is 0 Å². The molecule has 2 saturated heterocycles. The number of hydrogen-bond donors (Lipinski definition) is 1. The summed E-state index contributed by atoms with van der Waals surface area (Å²) in [6.07, 6.45) is 5.11. The van der Waals surface area contributed by atoms with Gasteiger partial charge in [-0.15, -0.1) is 0 Å². The molecule has 2 heterocycles. The van der Waals surface area contributed by atoms with Gasteiger partial charge in [-0.25, -0.2) is 0 Å². The van der Waals surface area contributed by atoms with Crippen molar-refractivity contribution >= 4 is 5.97 Å². The molecule has 3 atom stereocenters. The summed E-state index contributed by atoms with van der Waals surface area (Å²) in [4.78, 5) is 11.3. The highest BCUT2D eigenvalue weighted by Crippen LogP contribution is 2.24. The van der Waals surface area contributed by atoms with Crippen molar-refractivity contribution in [3.63, 3.8) is 0 Å². The normalized spacial score (nSPS) is 39.5. The smallest absolute Gasteiger partial charge is 0.307 e. The van der Waals surface area contributed by atoms with Crippen LogP contribution in [0.5, 0.6) is 0 Å². The van der Waals surface area contributed by atoms with Crippen molar-refractivity contribution in [1.29, 1.82) is 0 Å². The maximum absolute atomic E-state index is 11.3. The highest BCUT2D eigenvalue weighted by Gasteiger charge is 2.33. The topological polar surface area (TPSA) is 38.3 Å². The van der Waals surface area contributed by atoms with Gasteiger partial charge in [0.05, 0.1) is 6.42 Å². The first-order chi connectivity index (χ1) is 6.29. The number of esters is 1. The Morgan fingerprint density at radius 2 is 2.38 bits per heavy atom. The number of rotatable bonds is 1. The number of nitrogens with one attached hydrogen (secondary N) is 1. The highest BCUT2D eigenvalue weighted by atomic mass is 16.5. The minimum atomic E-state index is -0.0197. The lowest BCUT2D eigenvalue weighted by Gasteiger charge is -2.30. The first kappa shape index (κ1) is 9.00. The molecular weight excluding hydrogens is 166 g/mol. The third-order valence-corrected chi connectivity index (χ3v) is 3.06. The molecule has 2 aliphatic rings. The van der Waals surface area contributed by atoms with Crippen LogP contribution in [0.1, 0.15) is 39.0 Å². The van der Waals surface area contributed by atoms with Crippen LogP contribution in [0.15, 0.2) is 0 Å². The molecule has 2 bridgehead atoms. The second-order valence-electron chi connectivity index (χ2n) is 4.04. The summed E-state index contributed by atoms with van der Waals surface area (Å²) in [6.45, 7) is 2.08. The first-order valence-electron chi connectivity index (χ1n) is 5.25. The fourth-order valence-electron chi connectivity index (χ4n) is 2.38. The molecule has 0 aliphatic carbocycles. The molecule has 0 radical (unpaired) electrons. The van der Waals surface area contributed by atoms with Gasteiger partial charge in [0.15, 0.2) is 0 Å². The van der Waals surface area contributed by atoms with E-state index in [2.05, 4.69) is 12.2 Å². The van der Waals surface area contributed by atoms with Gasteiger partial charge < -0.3 is 10.1 Å². The third kappa shape index (κ3) is 1.85. The highest BCUT2D eigenvalue weighted by molar-refractivity contribution is 5.70. The van der Waals surface area contributed by atoms with E-state index in [4.69, 9.17) is 4.74 Å². The summed E-state index contributed by atoms with van der Waals surface area (Å²) < 4.78 is 5.37. The van der Waals surface area contributed by atoms with Crippen molar-refractivity contribution in [3.05, 3.63) is 0 Å². The van der Waals surface area contributed by atoms with Crippen molar-refractivity contribution in [3.8, 4) is 0 Å². The Kier molecular flexibility index (Phi) is 2.54. The van der Waals surface area contributed by atoms with Crippen molar-refractivity contribution in [1.82, 2.24) is 5.32 Å². The lowest BCUT2D eigenvalue weighted by molar-refractivity contribution is -0.148. The molecule has 0 saturated carbocycles. The summed E-state index contributed by atoms with van der Waals surface area (Å²) in [7, 11) is 0. The van der Waals surface area contributed by atoms with Gasteiger partial charge >= 0.3 is 5.97 Å². The Labute approximate surface area is 78.8 Å². The minimum absolute atomic E-state index is 0.0197. The zero-order chi connectivity index (χ0) is 9.26. The van der Waals surface area contributed by atoms with E-state index in [1.807, 2.05) is 0 Å².